The molecule has 0 aliphatic rings. The zero-order chi connectivity index (χ0) is 15.2. The van der Waals surface area contributed by atoms with Crippen molar-refractivity contribution in [3.63, 3.8) is 0 Å². The Morgan fingerprint density at radius 2 is 1.81 bits per heavy atom. The summed E-state index contributed by atoms with van der Waals surface area (Å²) in [5.41, 5.74) is 1.46. The third kappa shape index (κ3) is 4.92. The lowest BCUT2D eigenvalue weighted by Gasteiger charge is -2.09. The maximum absolute atomic E-state index is 13.0. The van der Waals surface area contributed by atoms with Gasteiger partial charge >= 0.3 is 6.03 Å². The normalized spacial score (nSPS) is 10.2. The number of hydrogen-bond donors (Lipinski definition) is 2. The van der Waals surface area contributed by atoms with Gasteiger partial charge in [-0.2, -0.15) is 0 Å². The van der Waals surface area contributed by atoms with E-state index in [0.29, 0.717) is 15.6 Å². The number of rotatable bonds is 4. The van der Waals surface area contributed by atoms with E-state index in [1.807, 2.05) is 0 Å². The first-order valence-electron chi connectivity index (χ1n) is 6.24. The zero-order valence-corrected chi connectivity index (χ0v) is 12.5. The number of carbonyl (C=O) groups is 1. The van der Waals surface area contributed by atoms with E-state index in [9.17, 15) is 9.18 Å². The summed E-state index contributed by atoms with van der Waals surface area (Å²) in [7, 11) is 0. The molecule has 0 fully saturated rings. The van der Waals surface area contributed by atoms with E-state index in [2.05, 4.69) is 10.6 Å². The van der Waals surface area contributed by atoms with Gasteiger partial charge in [0.05, 0.1) is 0 Å². The Labute approximate surface area is 132 Å². The van der Waals surface area contributed by atoms with Gasteiger partial charge in [0, 0.05) is 23.1 Å². The molecule has 0 unspecified atom stereocenters. The van der Waals surface area contributed by atoms with E-state index in [1.165, 1.54) is 12.1 Å². The molecule has 3 nitrogen and oxygen atoms in total. The number of amides is 2. The molecule has 0 atom stereocenters. The second kappa shape index (κ2) is 7.29. The molecular weight excluding hydrogens is 314 g/mol. The Bertz CT molecular complexity index is 649. The molecule has 0 saturated carbocycles. The van der Waals surface area contributed by atoms with Gasteiger partial charge in [-0.1, -0.05) is 41.4 Å². The largest absolute Gasteiger partial charge is 0.334 e. The number of halogens is 3. The molecule has 0 heterocycles. The summed E-state index contributed by atoms with van der Waals surface area (Å²) < 4.78 is 13.0. The molecule has 0 aliphatic heterocycles. The van der Waals surface area contributed by atoms with Gasteiger partial charge in [0.2, 0.25) is 0 Å². The summed E-state index contributed by atoms with van der Waals surface area (Å²) >= 11 is 11.8. The van der Waals surface area contributed by atoms with E-state index < -0.39 is 0 Å². The predicted octanol–water partition coefficient (Wildman–Crippen LogP) is 4.13. The number of carbonyl (C=O) groups excluding carboxylic acids is 1. The second-order valence-corrected chi connectivity index (χ2v) is 5.25. The van der Waals surface area contributed by atoms with Crippen LogP contribution in [0, 0.1) is 5.82 Å². The predicted molar refractivity (Wildman–Crippen MR) is 81.9 cm³/mol. The molecule has 0 radical (unpaired) electrons. The topological polar surface area (TPSA) is 41.1 Å². The highest BCUT2D eigenvalue weighted by Gasteiger charge is 2.04. The molecule has 2 aromatic rings. The Morgan fingerprint density at radius 1 is 1.05 bits per heavy atom. The van der Waals surface area contributed by atoms with Crippen molar-refractivity contribution in [1.82, 2.24) is 10.6 Å². The number of nitrogens with one attached hydrogen (secondary N) is 2. The Hall–Kier alpha value is -1.78. The van der Waals surface area contributed by atoms with Gasteiger partial charge in [-0.05, 0) is 35.4 Å². The summed E-state index contributed by atoms with van der Waals surface area (Å²) in [5, 5.41) is 6.35. The van der Waals surface area contributed by atoms with Crippen LogP contribution in [0.5, 0.6) is 0 Å². The second-order valence-electron chi connectivity index (χ2n) is 4.40. The van der Waals surface area contributed by atoms with Gasteiger partial charge in [0.1, 0.15) is 5.82 Å². The van der Waals surface area contributed by atoms with Crippen molar-refractivity contribution in [2.75, 3.05) is 0 Å². The van der Waals surface area contributed by atoms with Crippen molar-refractivity contribution < 1.29 is 9.18 Å². The molecule has 0 saturated heterocycles. The lowest BCUT2D eigenvalue weighted by atomic mass is 10.2. The molecule has 2 amide bonds. The van der Waals surface area contributed by atoms with Crippen molar-refractivity contribution in [3.05, 3.63) is 69.5 Å². The first-order valence-corrected chi connectivity index (χ1v) is 7.00. The Kier molecular flexibility index (Phi) is 5.42. The average Bonchev–Trinajstić information content (AvgIpc) is 2.44. The van der Waals surface area contributed by atoms with E-state index in [0.717, 1.165) is 5.56 Å². The standard InChI is InChI=1S/C15H13Cl2FN2O/c16-12-5-4-11(14(17)7-12)9-20-15(21)19-8-10-2-1-3-13(18)6-10/h1-7H,8-9H2,(H2,19,20,21). The van der Waals surface area contributed by atoms with Crippen molar-refractivity contribution in [3.8, 4) is 0 Å². The van der Waals surface area contributed by atoms with Gasteiger partial charge in [-0.25, -0.2) is 9.18 Å². The fraction of sp³-hybridized carbons (Fsp3) is 0.133. The number of benzene rings is 2. The van der Waals surface area contributed by atoms with Gasteiger partial charge in [-0.3, -0.25) is 0 Å². The molecule has 2 rings (SSSR count). The minimum atomic E-state index is -0.356. The van der Waals surface area contributed by atoms with Crippen LogP contribution in [0.3, 0.4) is 0 Å². The van der Waals surface area contributed by atoms with E-state index in [-0.39, 0.29) is 24.9 Å². The molecule has 0 aliphatic carbocycles. The maximum atomic E-state index is 13.0. The minimum absolute atomic E-state index is 0.248. The highest BCUT2D eigenvalue weighted by Crippen LogP contribution is 2.20. The molecule has 0 bridgehead atoms. The van der Waals surface area contributed by atoms with Crippen LogP contribution in [0.2, 0.25) is 10.0 Å². The highest BCUT2D eigenvalue weighted by atomic mass is 35.5. The van der Waals surface area contributed by atoms with Crippen LogP contribution in [-0.4, -0.2) is 6.03 Å². The summed E-state index contributed by atoms with van der Waals surface area (Å²) in [4.78, 5) is 11.7. The number of hydrogen-bond acceptors (Lipinski definition) is 1. The average molecular weight is 327 g/mol. The molecule has 0 spiro atoms. The van der Waals surface area contributed by atoms with E-state index in [4.69, 9.17) is 23.2 Å². The van der Waals surface area contributed by atoms with Crippen LogP contribution in [0.1, 0.15) is 11.1 Å². The maximum Gasteiger partial charge on any atom is 0.315 e. The molecule has 0 aromatic heterocycles. The molecule has 2 N–H and O–H groups in total. The first-order chi connectivity index (χ1) is 10.0. The lowest BCUT2D eigenvalue weighted by molar-refractivity contribution is 0.240. The quantitative estimate of drug-likeness (QED) is 0.871. The van der Waals surface area contributed by atoms with Crippen LogP contribution in [0.4, 0.5) is 9.18 Å². The zero-order valence-electron chi connectivity index (χ0n) is 11.0. The Morgan fingerprint density at radius 3 is 2.52 bits per heavy atom. The monoisotopic (exact) mass is 326 g/mol. The van der Waals surface area contributed by atoms with E-state index >= 15 is 0 Å². The Balaban J connectivity index is 1.82. The van der Waals surface area contributed by atoms with Crippen LogP contribution in [0.15, 0.2) is 42.5 Å². The molecule has 2 aromatic carbocycles. The van der Waals surface area contributed by atoms with Gasteiger partial charge < -0.3 is 10.6 Å². The molecule has 110 valence electrons. The van der Waals surface area contributed by atoms with Crippen LogP contribution >= 0.6 is 23.2 Å². The third-order valence-corrected chi connectivity index (χ3v) is 3.38. The summed E-state index contributed by atoms with van der Waals surface area (Å²) in [6.07, 6.45) is 0. The molecule has 21 heavy (non-hydrogen) atoms. The summed E-state index contributed by atoms with van der Waals surface area (Å²) in [6, 6.07) is 10.8. The smallest absolute Gasteiger partial charge is 0.315 e. The first kappa shape index (κ1) is 15.6. The highest BCUT2D eigenvalue weighted by molar-refractivity contribution is 6.35. The van der Waals surface area contributed by atoms with Crippen LogP contribution in [-0.2, 0) is 13.1 Å². The number of urea groups is 1. The minimum Gasteiger partial charge on any atom is -0.334 e. The van der Waals surface area contributed by atoms with Crippen molar-refractivity contribution in [2.45, 2.75) is 13.1 Å². The third-order valence-electron chi connectivity index (χ3n) is 2.80. The van der Waals surface area contributed by atoms with Crippen LogP contribution < -0.4 is 10.6 Å². The fourth-order valence-electron chi connectivity index (χ4n) is 1.73. The van der Waals surface area contributed by atoms with Gasteiger partial charge in [0.15, 0.2) is 0 Å². The van der Waals surface area contributed by atoms with Crippen molar-refractivity contribution in [1.29, 1.82) is 0 Å². The van der Waals surface area contributed by atoms with Crippen molar-refractivity contribution >= 4 is 29.2 Å². The van der Waals surface area contributed by atoms with Gasteiger partial charge in [-0.15, -0.1) is 0 Å². The van der Waals surface area contributed by atoms with Crippen molar-refractivity contribution in [2.24, 2.45) is 0 Å². The summed E-state index contributed by atoms with van der Waals surface area (Å²) in [5.74, 6) is -0.331. The van der Waals surface area contributed by atoms with Crippen LogP contribution in [0.25, 0.3) is 0 Å². The fourth-order valence-corrected chi connectivity index (χ4v) is 2.21. The molecule has 6 heteroatoms. The SMILES string of the molecule is O=C(NCc1cccc(F)c1)NCc1ccc(Cl)cc1Cl. The summed E-state index contributed by atoms with van der Waals surface area (Å²) in [6.45, 7) is 0.531. The lowest BCUT2D eigenvalue weighted by Crippen LogP contribution is -2.34. The molecular formula is C15H13Cl2FN2O. The van der Waals surface area contributed by atoms with Gasteiger partial charge in [0.25, 0.3) is 0 Å². The van der Waals surface area contributed by atoms with E-state index in [1.54, 1.807) is 30.3 Å².